The summed E-state index contributed by atoms with van der Waals surface area (Å²) >= 11 is 2.33. The molecule has 0 aliphatic carbocycles. The smallest absolute Gasteiger partial charge is 0.192 e. The Kier molecular flexibility index (Phi) is 8.05. The Hall–Kier alpha value is 0.137. The van der Waals surface area contributed by atoms with Gasteiger partial charge in [0.1, 0.15) is 9.35 Å². The van der Waals surface area contributed by atoms with E-state index in [2.05, 4.69) is 66.5 Å². The van der Waals surface area contributed by atoms with E-state index in [1.807, 2.05) is 38.4 Å². The highest BCUT2D eigenvalue weighted by Gasteiger charge is 2.38. The van der Waals surface area contributed by atoms with Crippen LogP contribution < -0.4 is 4.72 Å². The molecule has 0 amide bonds. The predicted octanol–water partition coefficient (Wildman–Crippen LogP) is 5.17. The molecule has 0 aliphatic rings. The Balaban J connectivity index is 2.89. The van der Waals surface area contributed by atoms with Gasteiger partial charge >= 0.3 is 0 Å². The maximum atomic E-state index is 12.4. The van der Waals surface area contributed by atoms with Crippen LogP contribution in [0.5, 0.6) is 0 Å². The van der Waals surface area contributed by atoms with Crippen molar-refractivity contribution in [2.24, 2.45) is 0 Å². The van der Waals surface area contributed by atoms with Crippen molar-refractivity contribution in [3.8, 4) is 0 Å². The van der Waals surface area contributed by atoms with Crippen LogP contribution in [0.15, 0.2) is 10.7 Å². The van der Waals surface area contributed by atoms with Crippen molar-refractivity contribution in [2.45, 2.75) is 97.0 Å². The van der Waals surface area contributed by atoms with E-state index in [1.165, 1.54) is 0 Å². The van der Waals surface area contributed by atoms with Crippen LogP contribution in [0.25, 0.3) is 0 Å². The first kappa shape index (κ1) is 24.2. The maximum Gasteiger partial charge on any atom is 0.192 e. The molecule has 0 saturated carbocycles. The van der Waals surface area contributed by atoms with E-state index in [1.54, 1.807) is 0 Å². The normalized spacial score (nSPS) is 17.2. The van der Waals surface area contributed by atoms with Crippen LogP contribution in [0, 0.1) is 0 Å². The lowest BCUT2D eigenvalue weighted by molar-refractivity contribution is 0.172. The molecule has 1 aromatic heterocycles. The van der Waals surface area contributed by atoms with Crippen molar-refractivity contribution < 1.29 is 8.98 Å². The van der Waals surface area contributed by atoms with Gasteiger partial charge in [-0.2, -0.15) is 5.10 Å². The number of hydrogen-bond donors (Lipinski definition) is 1. The van der Waals surface area contributed by atoms with Gasteiger partial charge in [0, 0.05) is 11.4 Å². The highest BCUT2D eigenvalue weighted by atomic mass is 79.9. The first-order valence-corrected chi connectivity index (χ1v) is 14.0. The van der Waals surface area contributed by atoms with Crippen molar-refractivity contribution in [3.63, 3.8) is 0 Å². The van der Waals surface area contributed by atoms with Gasteiger partial charge in [-0.25, -0.2) is 0 Å². The summed E-state index contributed by atoms with van der Waals surface area (Å²) in [6.07, 6.45) is 0.0572. The Morgan fingerprint density at radius 3 is 2.27 bits per heavy atom. The summed E-state index contributed by atoms with van der Waals surface area (Å²) in [5.41, 5.74) is 1.00. The first-order chi connectivity index (χ1) is 11.5. The van der Waals surface area contributed by atoms with Crippen LogP contribution in [-0.2, 0) is 22.3 Å². The van der Waals surface area contributed by atoms with Crippen molar-refractivity contribution in [2.75, 3.05) is 0 Å². The second-order valence-corrected chi connectivity index (χ2v) is 17.1. The number of hydrogen-bond acceptors (Lipinski definition) is 4. The molecule has 8 heteroatoms. The molecule has 0 fully saturated rings. The van der Waals surface area contributed by atoms with E-state index >= 15 is 0 Å². The van der Waals surface area contributed by atoms with Crippen LogP contribution in [0.1, 0.15) is 67.1 Å². The second-order valence-electron chi connectivity index (χ2n) is 9.48. The highest BCUT2D eigenvalue weighted by molar-refractivity contribution is 9.10. The Morgan fingerprint density at radius 1 is 1.27 bits per heavy atom. The lowest BCUT2D eigenvalue weighted by Gasteiger charge is -2.38. The minimum absolute atomic E-state index is 0.0572. The maximum absolute atomic E-state index is 12.4. The quantitative estimate of drug-likeness (QED) is 0.445. The van der Waals surface area contributed by atoms with E-state index in [9.17, 15) is 4.55 Å². The van der Waals surface area contributed by atoms with E-state index in [0.29, 0.717) is 6.54 Å². The van der Waals surface area contributed by atoms with Gasteiger partial charge in [-0.05, 0) is 74.7 Å². The molecule has 152 valence electrons. The average Bonchev–Trinajstić information content (AvgIpc) is 2.76. The zero-order chi connectivity index (χ0) is 20.5. The summed E-state index contributed by atoms with van der Waals surface area (Å²) in [7, 11) is -1.83. The van der Waals surface area contributed by atoms with E-state index in [-0.39, 0.29) is 21.9 Å². The largest absolute Gasteiger partial charge is 0.598 e. The van der Waals surface area contributed by atoms with Gasteiger partial charge in [-0.3, -0.25) is 4.68 Å². The fourth-order valence-electron chi connectivity index (χ4n) is 2.25. The predicted molar refractivity (Wildman–Crippen MR) is 117 cm³/mol. The molecule has 5 nitrogen and oxygen atoms in total. The molecular weight excluding hydrogens is 430 g/mol. The van der Waals surface area contributed by atoms with Crippen molar-refractivity contribution in [1.29, 1.82) is 0 Å². The van der Waals surface area contributed by atoms with E-state index in [4.69, 9.17) is 4.43 Å². The van der Waals surface area contributed by atoms with Crippen LogP contribution >= 0.6 is 15.9 Å². The molecule has 0 bridgehead atoms. The molecule has 0 aromatic carbocycles. The first-order valence-electron chi connectivity index (χ1n) is 9.13. The molecule has 0 aliphatic heterocycles. The van der Waals surface area contributed by atoms with Gasteiger partial charge < -0.3 is 8.98 Å². The number of nitrogens with zero attached hydrogens (tertiary/aromatic N) is 2. The van der Waals surface area contributed by atoms with Crippen LogP contribution in [0.2, 0.25) is 18.1 Å². The van der Waals surface area contributed by atoms with Crippen LogP contribution in [0.4, 0.5) is 0 Å². The lowest BCUT2D eigenvalue weighted by atomic mass is 10.2. The summed E-state index contributed by atoms with van der Waals surface area (Å²) in [6.45, 7) is 21.9. The molecule has 1 heterocycles. The monoisotopic (exact) mass is 465 g/mol. The molecule has 0 spiro atoms. The summed E-state index contributed by atoms with van der Waals surface area (Å²) in [5, 5.41) is 4.74. The lowest BCUT2D eigenvalue weighted by Crippen LogP contribution is -2.44. The Bertz CT molecular complexity index is 596. The second kappa shape index (κ2) is 8.65. The summed E-state index contributed by atoms with van der Waals surface area (Å²) in [5.74, 6) is 0. The third-order valence-electron chi connectivity index (χ3n) is 4.80. The van der Waals surface area contributed by atoms with E-state index < -0.39 is 19.7 Å². The standard InChI is InChI=1S/C18H36BrN3O2SSi/c1-13(24-26(9,10)18(6,7)8)12-22-15(11-16(19)20-22)14(2)21-25(23)17(3,4)5/h11,13-14,21H,12H2,1-10H3/t13?,14-,25?/m0/s1. The van der Waals surface area contributed by atoms with Crippen LogP contribution in [-0.4, -0.2) is 33.5 Å². The minimum atomic E-state index is -1.83. The number of nitrogens with one attached hydrogen (secondary N) is 1. The summed E-state index contributed by atoms with van der Waals surface area (Å²) < 4.78 is 24.5. The zero-order valence-corrected chi connectivity index (χ0v) is 21.3. The molecule has 1 N–H and O–H groups in total. The molecule has 1 rings (SSSR count). The third-order valence-corrected chi connectivity index (χ3v) is 11.5. The van der Waals surface area contributed by atoms with Gasteiger partial charge in [0.2, 0.25) is 0 Å². The molecule has 0 radical (unpaired) electrons. The van der Waals surface area contributed by atoms with Crippen LogP contribution in [0.3, 0.4) is 0 Å². The topological polar surface area (TPSA) is 62.1 Å². The molecule has 26 heavy (non-hydrogen) atoms. The highest BCUT2D eigenvalue weighted by Crippen LogP contribution is 2.37. The summed E-state index contributed by atoms with van der Waals surface area (Å²) in [4.78, 5) is 0. The fraction of sp³-hybridized carbons (Fsp3) is 0.833. The van der Waals surface area contributed by atoms with Gasteiger partial charge in [0.05, 0.1) is 24.4 Å². The number of rotatable bonds is 7. The van der Waals surface area contributed by atoms with Gasteiger partial charge in [-0.15, -0.1) is 4.72 Å². The van der Waals surface area contributed by atoms with Crippen molar-refractivity contribution in [3.05, 3.63) is 16.4 Å². The SMILES string of the molecule is CC(Cn1nc(Br)cc1[C@H](C)N[S+]([O-])C(C)(C)C)O[Si](C)(C)C(C)(C)C. The van der Waals surface area contributed by atoms with Crippen molar-refractivity contribution in [1.82, 2.24) is 14.5 Å². The molecule has 3 atom stereocenters. The molecule has 2 unspecified atom stereocenters. The molecule has 1 aromatic rings. The molecule has 0 saturated heterocycles. The van der Waals surface area contributed by atoms with Gasteiger partial charge in [-0.1, -0.05) is 20.8 Å². The van der Waals surface area contributed by atoms with Crippen molar-refractivity contribution >= 4 is 35.6 Å². The molecular formula is C18H36BrN3O2SSi. The minimum Gasteiger partial charge on any atom is -0.598 e. The zero-order valence-electron chi connectivity index (χ0n) is 17.9. The van der Waals surface area contributed by atoms with Gasteiger partial charge in [0.25, 0.3) is 0 Å². The summed E-state index contributed by atoms with van der Waals surface area (Å²) in [6, 6.07) is 1.91. The fourth-order valence-corrected chi connectivity index (χ4v) is 4.91. The number of aromatic nitrogens is 2. The number of halogens is 1. The van der Waals surface area contributed by atoms with E-state index in [0.717, 1.165) is 10.3 Å². The Labute approximate surface area is 172 Å². The third kappa shape index (κ3) is 6.63. The van der Waals surface area contributed by atoms with Gasteiger partial charge in [0.15, 0.2) is 8.32 Å². The Morgan fingerprint density at radius 2 is 1.81 bits per heavy atom. The average molecular weight is 467 g/mol.